The summed E-state index contributed by atoms with van der Waals surface area (Å²) in [7, 11) is 0. The lowest BCUT2D eigenvalue weighted by molar-refractivity contribution is 0.0938. The van der Waals surface area contributed by atoms with Crippen molar-refractivity contribution in [2.75, 3.05) is 19.8 Å². The van der Waals surface area contributed by atoms with Gasteiger partial charge in [-0.1, -0.05) is 0 Å². The SMILES string of the molecule is Cc1c(C(=O)NCCO)nn2c1OCC2. The van der Waals surface area contributed by atoms with E-state index in [0.717, 1.165) is 5.56 Å². The molecule has 0 spiro atoms. The third-order valence-electron chi connectivity index (χ3n) is 2.29. The number of aliphatic hydroxyl groups excluding tert-OH is 1. The topological polar surface area (TPSA) is 76.4 Å². The van der Waals surface area contributed by atoms with E-state index in [0.29, 0.717) is 24.7 Å². The fourth-order valence-electron chi connectivity index (χ4n) is 1.57. The molecule has 0 aromatic carbocycles. The lowest BCUT2D eigenvalue weighted by atomic mass is 10.2. The predicted octanol–water partition coefficient (Wildman–Crippen LogP) is -0.694. The van der Waals surface area contributed by atoms with Crippen molar-refractivity contribution in [3.8, 4) is 5.88 Å². The van der Waals surface area contributed by atoms with E-state index in [-0.39, 0.29) is 19.1 Å². The van der Waals surface area contributed by atoms with Crippen LogP contribution in [0, 0.1) is 6.92 Å². The van der Waals surface area contributed by atoms with Crippen LogP contribution in [0.15, 0.2) is 0 Å². The monoisotopic (exact) mass is 211 g/mol. The van der Waals surface area contributed by atoms with Crippen molar-refractivity contribution < 1.29 is 14.6 Å². The van der Waals surface area contributed by atoms with Gasteiger partial charge in [0.05, 0.1) is 13.2 Å². The van der Waals surface area contributed by atoms with Gasteiger partial charge in [-0.15, -0.1) is 0 Å². The molecule has 2 rings (SSSR count). The van der Waals surface area contributed by atoms with Gasteiger partial charge < -0.3 is 15.2 Å². The quantitative estimate of drug-likeness (QED) is 0.693. The first kappa shape index (κ1) is 9.97. The maximum atomic E-state index is 11.6. The van der Waals surface area contributed by atoms with Crippen LogP contribution in [0.25, 0.3) is 0 Å². The molecule has 0 saturated carbocycles. The summed E-state index contributed by atoms with van der Waals surface area (Å²) in [4.78, 5) is 11.6. The van der Waals surface area contributed by atoms with E-state index in [1.54, 1.807) is 11.6 Å². The Morgan fingerprint density at radius 1 is 1.73 bits per heavy atom. The summed E-state index contributed by atoms with van der Waals surface area (Å²) >= 11 is 0. The molecular weight excluding hydrogens is 198 g/mol. The lowest BCUT2D eigenvalue weighted by Gasteiger charge is -2.01. The predicted molar refractivity (Wildman–Crippen MR) is 51.9 cm³/mol. The van der Waals surface area contributed by atoms with Gasteiger partial charge in [0.15, 0.2) is 5.69 Å². The fourth-order valence-corrected chi connectivity index (χ4v) is 1.57. The number of ether oxygens (including phenoxy) is 1. The Balaban J connectivity index is 2.19. The zero-order chi connectivity index (χ0) is 10.8. The van der Waals surface area contributed by atoms with Crippen molar-refractivity contribution in [2.24, 2.45) is 0 Å². The van der Waals surface area contributed by atoms with E-state index in [2.05, 4.69) is 10.4 Å². The Hall–Kier alpha value is -1.56. The molecule has 1 aromatic heterocycles. The van der Waals surface area contributed by atoms with Crippen molar-refractivity contribution in [2.45, 2.75) is 13.5 Å². The van der Waals surface area contributed by atoms with E-state index < -0.39 is 0 Å². The summed E-state index contributed by atoms with van der Waals surface area (Å²) in [6, 6.07) is 0. The van der Waals surface area contributed by atoms with Crippen LogP contribution in [0.4, 0.5) is 0 Å². The molecule has 6 nitrogen and oxygen atoms in total. The van der Waals surface area contributed by atoms with E-state index in [4.69, 9.17) is 9.84 Å². The maximum Gasteiger partial charge on any atom is 0.272 e. The van der Waals surface area contributed by atoms with Gasteiger partial charge in [-0.25, -0.2) is 4.68 Å². The largest absolute Gasteiger partial charge is 0.476 e. The van der Waals surface area contributed by atoms with Gasteiger partial charge in [-0.3, -0.25) is 4.79 Å². The summed E-state index contributed by atoms with van der Waals surface area (Å²) in [5.41, 5.74) is 1.13. The second-order valence-corrected chi connectivity index (χ2v) is 3.33. The number of aliphatic hydroxyl groups is 1. The van der Waals surface area contributed by atoms with Gasteiger partial charge in [0.1, 0.15) is 6.61 Å². The molecule has 2 N–H and O–H groups in total. The van der Waals surface area contributed by atoms with Crippen LogP contribution >= 0.6 is 0 Å². The second kappa shape index (κ2) is 3.90. The zero-order valence-corrected chi connectivity index (χ0v) is 8.49. The first-order valence-electron chi connectivity index (χ1n) is 4.83. The highest BCUT2D eigenvalue weighted by Gasteiger charge is 2.23. The minimum absolute atomic E-state index is 0.0746. The number of nitrogens with zero attached hydrogens (tertiary/aromatic N) is 2. The van der Waals surface area contributed by atoms with Gasteiger partial charge in [0.2, 0.25) is 5.88 Å². The van der Waals surface area contributed by atoms with Gasteiger partial charge in [0.25, 0.3) is 5.91 Å². The molecular formula is C9H13N3O3. The Bertz CT molecular complexity index is 386. The molecule has 2 heterocycles. The minimum Gasteiger partial charge on any atom is -0.476 e. The number of nitrogens with one attached hydrogen (secondary N) is 1. The average Bonchev–Trinajstić information content (AvgIpc) is 2.78. The molecule has 82 valence electrons. The minimum atomic E-state index is -0.271. The molecule has 1 amide bonds. The summed E-state index contributed by atoms with van der Waals surface area (Å²) in [5.74, 6) is 0.399. The number of hydrogen-bond acceptors (Lipinski definition) is 4. The maximum absolute atomic E-state index is 11.6. The van der Waals surface area contributed by atoms with E-state index in [1.165, 1.54) is 0 Å². The molecule has 0 atom stereocenters. The van der Waals surface area contributed by atoms with E-state index >= 15 is 0 Å². The van der Waals surface area contributed by atoms with Gasteiger partial charge in [0, 0.05) is 12.1 Å². The third kappa shape index (κ3) is 1.68. The Morgan fingerprint density at radius 3 is 3.20 bits per heavy atom. The molecule has 0 radical (unpaired) electrons. The molecule has 6 heteroatoms. The summed E-state index contributed by atoms with van der Waals surface area (Å²) in [5, 5.41) is 15.3. The lowest BCUT2D eigenvalue weighted by Crippen LogP contribution is -2.27. The van der Waals surface area contributed by atoms with Crippen molar-refractivity contribution >= 4 is 5.91 Å². The normalized spacial score (nSPS) is 13.5. The third-order valence-corrected chi connectivity index (χ3v) is 2.29. The van der Waals surface area contributed by atoms with Gasteiger partial charge >= 0.3 is 0 Å². The standard InChI is InChI=1S/C9H13N3O3/c1-6-7(8(14)10-2-4-13)11-12-3-5-15-9(6)12/h13H,2-5H2,1H3,(H,10,14). The van der Waals surface area contributed by atoms with Gasteiger partial charge in [-0.05, 0) is 6.92 Å². The highest BCUT2D eigenvalue weighted by molar-refractivity contribution is 5.94. The van der Waals surface area contributed by atoms with E-state index in [1.807, 2.05) is 0 Å². The van der Waals surface area contributed by atoms with Crippen LogP contribution in [0.1, 0.15) is 16.1 Å². The summed E-state index contributed by atoms with van der Waals surface area (Å²) in [6.07, 6.45) is 0. The molecule has 0 aliphatic carbocycles. The Kier molecular flexibility index (Phi) is 2.59. The Morgan fingerprint density at radius 2 is 2.53 bits per heavy atom. The van der Waals surface area contributed by atoms with Gasteiger partial charge in [-0.2, -0.15) is 5.10 Å². The molecule has 0 saturated heterocycles. The molecule has 0 bridgehead atoms. The number of carbonyl (C=O) groups excluding carboxylic acids is 1. The number of fused-ring (bicyclic) bond motifs is 1. The number of hydrogen-bond donors (Lipinski definition) is 2. The van der Waals surface area contributed by atoms with Crippen molar-refractivity contribution in [1.29, 1.82) is 0 Å². The number of amides is 1. The molecule has 0 unspecified atom stereocenters. The van der Waals surface area contributed by atoms with Crippen molar-refractivity contribution in [3.63, 3.8) is 0 Å². The molecule has 1 aromatic rings. The number of carbonyl (C=O) groups is 1. The van der Waals surface area contributed by atoms with Crippen LogP contribution in [0.3, 0.4) is 0 Å². The summed E-state index contributed by atoms with van der Waals surface area (Å²) < 4.78 is 7.02. The van der Waals surface area contributed by atoms with Crippen LogP contribution in [0.2, 0.25) is 0 Å². The number of aromatic nitrogens is 2. The molecule has 1 aliphatic rings. The molecule has 15 heavy (non-hydrogen) atoms. The Labute approximate surface area is 86.8 Å². The average molecular weight is 211 g/mol. The van der Waals surface area contributed by atoms with Crippen molar-refractivity contribution in [1.82, 2.24) is 15.1 Å². The molecule has 1 aliphatic heterocycles. The number of rotatable bonds is 3. The van der Waals surface area contributed by atoms with Crippen LogP contribution in [-0.4, -0.2) is 40.6 Å². The highest BCUT2D eigenvalue weighted by Crippen LogP contribution is 2.24. The zero-order valence-electron chi connectivity index (χ0n) is 8.49. The van der Waals surface area contributed by atoms with Crippen LogP contribution < -0.4 is 10.1 Å². The van der Waals surface area contributed by atoms with Crippen LogP contribution in [-0.2, 0) is 6.54 Å². The smallest absolute Gasteiger partial charge is 0.272 e. The van der Waals surface area contributed by atoms with E-state index in [9.17, 15) is 4.79 Å². The first-order chi connectivity index (χ1) is 7.24. The van der Waals surface area contributed by atoms with Crippen molar-refractivity contribution in [3.05, 3.63) is 11.3 Å². The first-order valence-corrected chi connectivity index (χ1v) is 4.83. The fraction of sp³-hybridized carbons (Fsp3) is 0.556. The highest BCUT2D eigenvalue weighted by atomic mass is 16.5. The second-order valence-electron chi connectivity index (χ2n) is 3.33. The van der Waals surface area contributed by atoms with Crippen LogP contribution in [0.5, 0.6) is 5.88 Å². The molecule has 0 fully saturated rings. The summed E-state index contributed by atoms with van der Waals surface area (Å²) in [6.45, 7) is 3.26.